The first-order chi connectivity index (χ1) is 12.4. The van der Waals surface area contributed by atoms with Crippen molar-refractivity contribution in [2.75, 3.05) is 5.32 Å². The molecule has 4 aromatic heterocycles. The number of nitrogens with zero attached hydrogens (tertiary/aromatic N) is 5. The number of anilines is 2. The molecule has 1 N–H and O–H groups in total. The average Bonchev–Trinajstić information content (AvgIpc) is 3.27. The van der Waals surface area contributed by atoms with Crippen molar-refractivity contribution in [2.24, 2.45) is 0 Å². The molecule has 4 heterocycles. The van der Waals surface area contributed by atoms with E-state index < -0.39 is 0 Å². The highest BCUT2D eigenvalue weighted by Crippen LogP contribution is 2.26. The lowest BCUT2D eigenvalue weighted by atomic mass is 10.3. The van der Waals surface area contributed by atoms with Gasteiger partial charge in [0.2, 0.25) is 11.8 Å². The highest BCUT2D eigenvalue weighted by Gasteiger charge is 2.10. The minimum atomic E-state index is 0.549. The maximum Gasteiger partial charge on any atom is 0.233 e. The topological polar surface area (TPSA) is 81.1 Å². The molecule has 7 nitrogen and oxygen atoms in total. The Morgan fingerprint density at radius 2 is 2.00 bits per heavy atom. The summed E-state index contributed by atoms with van der Waals surface area (Å²) in [4.78, 5) is 8.64. The second kappa shape index (κ2) is 5.41. The summed E-state index contributed by atoms with van der Waals surface area (Å²) in [5.41, 5.74) is 3.97. The van der Waals surface area contributed by atoms with Crippen molar-refractivity contribution in [2.45, 2.75) is 0 Å². The molecule has 0 aliphatic carbocycles. The van der Waals surface area contributed by atoms with Crippen LogP contribution in [0.2, 0.25) is 0 Å². The van der Waals surface area contributed by atoms with E-state index in [1.54, 1.807) is 12.4 Å². The zero-order chi connectivity index (χ0) is 16.6. The Hall–Kier alpha value is -3.74. The Morgan fingerprint density at radius 1 is 1.00 bits per heavy atom. The number of rotatable bonds is 3. The summed E-state index contributed by atoms with van der Waals surface area (Å²) in [6.07, 6.45) is 5.36. The minimum absolute atomic E-state index is 0.549. The molecule has 7 heteroatoms. The molecule has 0 atom stereocenters. The molecule has 0 saturated heterocycles. The monoisotopic (exact) mass is 328 g/mol. The average molecular weight is 328 g/mol. The maximum atomic E-state index is 5.80. The standard InChI is InChI=1S/C18H12N6O/c1-2-9-24-16(5-1)22-23-18(24)20-13-6-7-15-14(10-13)21-17(25-15)12-4-3-8-19-11-12/h1-11H,(H,20,23). The molecule has 0 unspecified atom stereocenters. The van der Waals surface area contributed by atoms with E-state index in [0.29, 0.717) is 11.8 Å². The molecule has 0 bridgehead atoms. The van der Waals surface area contributed by atoms with Crippen LogP contribution in [-0.2, 0) is 0 Å². The van der Waals surface area contributed by atoms with E-state index in [1.165, 1.54) is 0 Å². The number of pyridine rings is 2. The molecule has 1 aromatic carbocycles. The Kier molecular flexibility index (Phi) is 2.96. The quantitative estimate of drug-likeness (QED) is 0.544. The molecular weight excluding hydrogens is 316 g/mol. The first kappa shape index (κ1) is 13.7. The van der Waals surface area contributed by atoms with Crippen LogP contribution in [0.5, 0.6) is 0 Å². The van der Waals surface area contributed by atoms with E-state index in [9.17, 15) is 0 Å². The first-order valence-corrected chi connectivity index (χ1v) is 7.75. The summed E-state index contributed by atoms with van der Waals surface area (Å²) in [5.74, 6) is 1.19. The third-order valence-electron chi connectivity index (χ3n) is 3.87. The van der Waals surface area contributed by atoms with Gasteiger partial charge < -0.3 is 9.73 Å². The van der Waals surface area contributed by atoms with Gasteiger partial charge in [-0.2, -0.15) is 0 Å². The number of oxazole rings is 1. The molecule has 5 aromatic rings. The highest BCUT2D eigenvalue weighted by molar-refractivity contribution is 5.80. The van der Waals surface area contributed by atoms with Gasteiger partial charge in [-0.05, 0) is 42.5 Å². The number of benzene rings is 1. The first-order valence-electron chi connectivity index (χ1n) is 7.75. The van der Waals surface area contributed by atoms with Gasteiger partial charge >= 0.3 is 0 Å². The SMILES string of the molecule is c1cncc(-c2nc3cc(Nc4nnc5ccccn45)ccc3o2)c1. The van der Waals surface area contributed by atoms with Crippen LogP contribution in [0.25, 0.3) is 28.2 Å². The molecule has 0 radical (unpaired) electrons. The van der Waals surface area contributed by atoms with Crippen LogP contribution in [0.15, 0.2) is 71.5 Å². The van der Waals surface area contributed by atoms with Gasteiger partial charge in [0.05, 0.1) is 5.56 Å². The van der Waals surface area contributed by atoms with Crippen LogP contribution in [0.1, 0.15) is 0 Å². The Morgan fingerprint density at radius 3 is 2.92 bits per heavy atom. The van der Waals surface area contributed by atoms with Crippen molar-refractivity contribution in [3.8, 4) is 11.5 Å². The number of fused-ring (bicyclic) bond motifs is 2. The van der Waals surface area contributed by atoms with Crippen molar-refractivity contribution >= 4 is 28.4 Å². The fourth-order valence-electron chi connectivity index (χ4n) is 2.67. The van der Waals surface area contributed by atoms with Crippen LogP contribution in [0.3, 0.4) is 0 Å². The lowest BCUT2D eigenvalue weighted by Gasteiger charge is -2.03. The predicted molar refractivity (Wildman–Crippen MR) is 93.5 cm³/mol. The van der Waals surface area contributed by atoms with Crippen LogP contribution in [0, 0.1) is 0 Å². The summed E-state index contributed by atoms with van der Waals surface area (Å²) in [7, 11) is 0. The van der Waals surface area contributed by atoms with Crippen LogP contribution in [0.4, 0.5) is 11.6 Å². The Balaban J connectivity index is 1.52. The van der Waals surface area contributed by atoms with Gasteiger partial charge in [-0.25, -0.2) is 4.98 Å². The van der Waals surface area contributed by atoms with Crippen LogP contribution >= 0.6 is 0 Å². The van der Waals surface area contributed by atoms with Gasteiger partial charge in [0.25, 0.3) is 0 Å². The number of hydrogen-bond acceptors (Lipinski definition) is 6. The molecule has 0 saturated carbocycles. The Bertz CT molecular complexity index is 1180. The minimum Gasteiger partial charge on any atom is -0.436 e. The molecular formula is C18H12N6O. The lowest BCUT2D eigenvalue weighted by Crippen LogP contribution is -1.96. The summed E-state index contributed by atoms with van der Waals surface area (Å²) in [5, 5.41) is 11.6. The normalized spacial score (nSPS) is 11.2. The summed E-state index contributed by atoms with van der Waals surface area (Å²) >= 11 is 0. The lowest BCUT2D eigenvalue weighted by molar-refractivity contribution is 0.619. The van der Waals surface area contributed by atoms with Crippen molar-refractivity contribution in [3.05, 3.63) is 67.1 Å². The van der Waals surface area contributed by atoms with E-state index >= 15 is 0 Å². The smallest absolute Gasteiger partial charge is 0.233 e. The van der Waals surface area contributed by atoms with Crippen molar-refractivity contribution in [1.82, 2.24) is 24.6 Å². The maximum absolute atomic E-state index is 5.80. The Labute approximate surface area is 142 Å². The zero-order valence-corrected chi connectivity index (χ0v) is 13.0. The van der Waals surface area contributed by atoms with E-state index in [-0.39, 0.29) is 0 Å². The third kappa shape index (κ3) is 2.38. The van der Waals surface area contributed by atoms with E-state index in [4.69, 9.17) is 4.42 Å². The van der Waals surface area contributed by atoms with Gasteiger partial charge in [0.15, 0.2) is 11.2 Å². The second-order valence-electron chi connectivity index (χ2n) is 5.52. The molecule has 5 rings (SSSR count). The molecule has 25 heavy (non-hydrogen) atoms. The van der Waals surface area contributed by atoms with Gasteiger partial charge in [-0.15, -0.1) is 10.2 Å². The summed E-state index contributed by atoms with van der Waals surface area (Å²) in [6, 6.07) is 15.3. The van der Waals surface area contributed by atoms with Crippen molar-refractivity contribution in [1.29, 1.82) is 0 Å². The summed E-state index contributed by atoms with van der Waals surface area (Å²) in [6.45, 7) is 0. The molecule has 0 fully saturated rings. The molecule has 0 aliphatic rings. The van der Waals surface area contributed by atoms with Crippen LogP contribution < -0.4 is 5.32 Å². The fraction of sp³-hybridized carbons (Fsp3) is 0. The predicted octanol–water partition coefficient (Wildman–Crippen LogP) is 3.68. The molecule has 0 spiro atoms. The molecule has 120 valence electrons. The number of hydrogen-bond donors (Lipinski definition) is 1. The number of aromatic nitrogens is 5. The largest absolute Gasteiger partial charge is 0.436 e. The molecule has 0 aliphatic heterocycles. The second-order valence-corrected chi connectivity index (χ2v) is 5.52. The fourth-order valence-corrected chi connectivity index (χ4v) is 2.67. The van der Waals surface area contributed by atoms with Crippen molar-refractivity contribution < 1.29 is 4.42 Å². The summed E-state index contributed by atoms with van der Waals surface area (Å²) < 4.78 is 7.69. The van der Waals surface area contributed by atoms with Gasteiger partial charge in [-0.1, -0.05) is 6.07 Å². The van der Waals surface area contributed by atoms with E-state index in [0.717, 1.165) is 28.0 Å². The van der Waals surface area contributed by atoms with Gasteiger partial charge in [0.1, 0.15) is 5.52 Å². The van der Waals surface area contributed by atoms with Crippen LogP contribution in [-0.4, -0.2) is 24.6 Å². The van der Waals surface area contributed by atoms with Gasteiger partial charge in [0, 0.05) is 24.3 Å². The van der Waals surface area contributed by atoms with Gasteiger partial charge in [-0.3, -0.25) is 9.38 Å². The van der Waals surface area contributed by atoms with E-state index in [1.807, 2.05) is 59.1 Å². The highest BCUT2D eigenvalue weighted by atomic mass is 16.3. The van der Waals surface area contributed by atoms with E-state index in [2.05, 4.69) is 25.5 Å². The zero-order valence-electron chi connectivity index (χ0n) is 13.0. The molecule has 0 amide bonds. The number of nitrogens with one attached hydrogen (secondary N) is 1. The third-order valence-corrected chi connectivity index (χ3v) is 3.87. The van der Waals surface area contributed by atoms with Crippen molar-refractivity contribution in [3.63, 3.8) is 0 Å².